The van der Waals surface area contributed by atoms with Gasteiger partial charge in [0.2, 0.25) is 11.8 Å². The highest BCUT2D eigenvalue weighted by Gasteiger charge is 2.34. The van der Waals surface area contributed by atoms with Crippen LogP contribution >= 0.6 is 12.4 Å². The Morgan fingerprint density at radius 3 is 2.42 bits per heavy atom. The summed E-state index contributed by atoms with van der Waals surface area (Å²) >= 11 is 0. The van der Waals surface area contributed by atoms with Crippen molar-refractivity contribution in [2.45, 2.75) is 39.7 Å². The first-order valence-electron chi connectivity index (χ1n) is 6.53. The van der Waals surface area contributed by atoms with Crippen LogP contribution in [0.3, 0.4) is 0 Å². The summed E-state index contributed by atoms with van der Waals surface area (Å²) in [5.41, 5.74) is 5.73. The molecule has 6 heteroatoms. The van der Waals surface area contributed by atoms with Gasteiger partial charge in [-0.15, -0.1) is 12.4 Å². The summed E-state index contributed by atoms with van der Waals surface area (Å²) in [5.74, 6) is -0.132. The number of piperidine rings is 1. The van der Waals surface area contributed by atoms with Gasteiger partial charge in [0.1, 0.15) is 0 Å². The van der Waals surface area contributed by atoms with E-state index in [-0.39, 0.29) is 35.6 Å². The molecule has 0 aromatic heterocycles. The molecule has 1 saturated heterocycles. The van der Waals surface area contributed by atoms with Gasteiger partial charge in [0.15, 0.2) is 0 Å². The molecule has 1 aliphatic rings. The quantitative estimate of drug-likeness (QED) is 0.789. The summed E-state index contributed by atoms with van der Waals surface area (Å²) in [7, 11) is 1.63. The van der Waals surface area contributed by atoms with Gasteiger partial charge in [0.25, 0.3) is 0 Å². The number of rotatable bonds is 2. The van der Waals surface area contributed by atoms with Crippen molar-refractivity contribution in [2.24, 2.45) is 17.1 Å². The maximum absolute atomic E-state index is 12.3. The van der Waals surface area contributed by atoms with Crippen LogP contribution in [0.15, 0.2) is 0 Å². The molecule has 1 rings (SSSR count). The highest BCUT2D eigenvalue weighted by molar-refractivity contribution is 5.85. The van der Waals surface area contributed by atoms with Crippen LogP contribution in [0.5, 0.6) is 0 Å². The molecule has 0 bridgehead atoms. The van der Waals surface area contributed by atoms with Crippen LogP contribution in [0.2, 0.25) is 0 Å². The van der Waals surface area contributed by atoms with E-state index in [0.717, 1.165) is 12.8 Å². The Labute approximate surface area is 121 Å². The SMILES string of the molecule is CNC(=O)C1CCCN(C(=O)[C@@H](N)C(C)(C)C)C1.Cl. The van der Waals surface area contributed by atoms with E-state index in [2.05, 4.69) is 5.32 Å². The third-order valence-corrected chi connectivity index (χ3v) is 3.55. The third-order valence-electron chi connectivity index (χ3n) is 3.55. The lowest BCUT2D eigenvalue weighted by molar-refractivity contribution is -0.138. The smallest absolute Gasteiger partial charge is 0.240 e. The average Bonchev–Trinajstić information content (AvgIpc) is 2.35. The lowest BCUT2D eigenvalue weighted by atomic mass is 9.85. The summed E-state index contributed by atoms with van der Waals surface area (Å²) in [6, 6.07) is -0.513. The van der Waals surface area contributed by atoms with Crippen LogP contribution in [0.1, 0.15) is 33.6 Å². The third kappa shape index (κ3) is 4.66. The minimum Gasteiger partial charge on any atom is -0.359 e. The van der Waals surface area contributed by atoms with Gasteiger partial charge in [-0.05, 0) is 18.3 Å². The van der Waals surface area contributed by atoms with Gasteiger partial charge in [-0.2, -0.15) is 0 Å². The van der Waals surface area contributed by atoms with Crippen molar-refractivity contribution >= 4 is 24.2 Å². The van der Waals surface area contributed by atoms with Gasteiger partial charge in [0.05, 0.1) is 12.0 Å². The topological polar surface area (TPSA) is 75.4 Å². The van der Waals surface area contributed by atoms with Crippen LogP contribution in [0.25, 0.3) is 0 Å². The fourth-order valence-electron chi connectivity index (χ4n) is 2.16. The highest BCUT2D eigenvalue weighted by atomic mass is 35.5. The predicted molar refractivity (Wildman–Crippen MR) is 78.0 cm³/mol. The molecule has 0 radical (unpaired) electrons. The van der Waals surface area contributed by atoms with Crippen LogP contribution in [-0.2, 0) is 9.59 Å². The predicted octanol–water partition coefficient (Wildman–Crippen LogP) is 0.766. The monoisotopic (exact) mass is 291 g/mol. The summed E-state index contributed by atoms with van der Waals surface area (Å²) in [6.07, 6.45) is 1.70. The zero-order chi connectivity index (χ0) is 13.9. The van der Waals surface area contributed by atoms with Gasteiger partial charge in [-0.25, -0.2) is 0 Å². The number of nitrogens with two attached hydrogens (primary N) is 1. The number of nitrogens with one attached hydrogen (secondary N) is 1. The molecule has 0 aromatic carbocycles. The molecule has 3 N–H and O–H groups in total. The van der Waals surface area contributed by atoms with Gasteiger partial charge >= 0.3 is 0 Å². The average molecular weight is 292 g/mol. The van der Waals surface area contributed by atoms with E-state index < -0.39 is 6.04 Å². The van der Waals surface area contributed by atoms with E-state index in [1.807, 2.05) is 20.8 Å². The van der Waals surface area contributed by atoms with E-state index in [0.29, 0.717) is 13.1 Å². The molecule has 112 valence electrons. The summed E-state index contributed by atoms with van der Waals surface area (Å²) in [4.78, 5) is 25.6. The molecule has 1 aliphatic heterocycles. The molecule has 0 spiro atoms. The fourth-order valence-corrected chi connectivity index (χ4v) is 2.16. The number of carbonyl (C=O) groups is 2. The van der Waals surface area contributed by atoms with Gasteiger partial charge in [0, 0.05) is 20.1 Å². The van der Waals surface area contributed by atoms with Crippen molar-refractivity contribution in [2.75, 3.05) is 20.1 Å². The van der Waals surface area contributed by atoms with E-state index in [1.165, 1.54) is 0 Å². The Morgan fingerprint density at radius 1 is 1.37 bits per heavy atom. The Bertz CT molecular complexity index is 328. The molecular formula is C13H26ClN3O2. The molecule has 19 heavy (non-hydrogen) atoms. The maximum Gasteiger partial charge on any atom is 0.240 e. The zero-order valence-electron chi connectivity index (χ0n) is 12.2. The second-order valence-corrected chi connectivity index (χ2v) is 6.08. The molecule has 1 heterocycles. The summed E-state index contributed by atoms with van der Waals surface area (Å²) in [6.45, 7) is 7.06. The number of nitrogens with zero attached hydrogens (tertiary/aromatic N) is 1. The summed E-state index contributed by atoms with van der Waals surface area (Å²) in [5, 5.41) is 2.65. The Morgan fingerprint density at radius 2 is 1.95 bits per heavy atom. The van der Waals surface area contributed by atoms with Crippen molar-refractivity contribution in [1.82, 2.24) is 10.2 Å². The number of halogens is 1. The van der Waals surface area contributed by atoms with E-state index >= 15 is 0 Å². The van der Waals surface area contributed by atoms with Crippen molar-refractivity contribution < 1.29 is 9.59 Å². The standard InChI is InChI=1S/C13H25N3O2.ClH/c1-13(2,3)10(14)12(18)16-7-5-6-9(8-16)11(17)15-4;/h9-10H,5-8,14H2,1-4H3,(H,15,17);1H/t9?,10-;/m1./s1. The minimum atomic E-state index is -0.513. The lowest BCUT2D eigenvalue weighted by Gasteiger charge is -2.36. The van der Waals surface area contributed by atoms with E-state index in [1.54, 1.807) is 11.9 Å². The van der Waals surface area contributed by atoms with Crippen LogP contribution in [0.4, 0.5) is 0 Å². The van der Waals surface area contributed by atoms with E-state index in [4.69, 9.17) is 5.73 Å². The molecule has 0 aliphatic carbocycles. The number of hydrogen-bond donors (Lipinski definition) is 2. The first-order chi connectivity index (χ1) is 8.27. The van der Waals surface area contributed by atoms with Crippen LogP contribution in [-0.4, -0.2) is 42.9 Å². The molecule has 0 saturated carbocycles. The lowest BCUT2D eigenvalue weighted by Crippen LogP contribution is -2.54. The number of amides is 2. The first-order valence-corrected chi connectivity index (χ1v) is 6.53. The van der Waals surface area contributed by atoms with Gasteiger partial charge < -0.3 is 16.0 Å². The van der Waals surface area contributed by atoms with Crippen molar-refractivity contribution in [3.8, 4) is 0 Å². The van der Waals surface area contributed by atoms with E-state index in [9.17, 15) is 9.59 Å². The molecule has 1 fully saturated rings. The Balaban J connectivity index is 0.00000324. The van der Waals surface area contributed by atoms with Crippen LogP contribution < -0.4 is 11.1 Å². The Hall–Kier alpha value is -0.810. The maximum atomic E-state index is 12.3. The first kappa shape index (κ1) is 18.2. The number of likely N-dealkylation sites (tertiary alicyclic amines) is 1. The van der Waals surface area contributed by atoms with Crippen LogP contribution in [0, 0.1) is 11.3 Å². The largest absolute Gasteiger partial charge is 0.359 e. The number of hydrogen-bond acceptors (Lipinski definition) is 3. The highest BCUT2D eigenvalue weighted by Crippen LogP contribution is 2.22. The molecular weight excluding hydrogens is 266 g/mol. The molecule has 2 atom stereocenters. The number of carbonyl (C=O) groups excluding carboxylic acids is 2. The fraction of sp³-hybridized carbons (Fsp3) is 0.846. The van der Waals surface area contributed by atoms with Gasteiger partial charge in [-0.1, -0.05) is 20.8 Å². The molecule has 1 unspecified atom stereocenters. The normalized spacial score (nSPS) is 21.3. The summed E-state index contributed by atoms with van der Waals surface area (Å²) < 4.78 is 0. The van der Waals surface area contributed by atoms with Crippen molar-refractivity contribution in [3.05, 3.63) is 0 Å². The zero-order valence-corrected chi connectivity index (χ0v) is 13.0. The van der Waals surface area contributed by atoms with Crippen molar-refractivity contribution in [3.63, 3.8) is 0 Å². The van der Waals surface area contributed by atoms with Crippen molar-refractivity contribution in [1.29, 1.82) is 0 Å². The minimum absolute atomic E-state index is 0. The molecule has 2 amide bonds. The van der Waals surface area contributed by atoms with Gasteiger partial charge in [-0.3, -0.25) is 9.59 Å². The Kier molecular flexibility index (Phi) is 6.80. The second-order valence-electron chi connectivity index (χ2n) is 6.08. The second kappa shape index (κ2) is 7.10. The molecule has 5 nitrogen and oxygen atoms in total. The molecule has 0 aromatic rings.